The summed E-state index contributed by atoms with van der Waals surface area (Å²) in [6.45, 7) is 2.23. The molecule has 2 amide bonds. The lowest BCUT2D eigenvalue weighted by molar-refractivity contribution is -0.131. The van der Waals surface area contributed by atoms with Crippen molar-refractivity contribution in [3.05, 3.63) is 54.2 Å². The Labute approximate surface area is 194 Å². The van der Waals surface area contributed by atoms with Crippen LogP contribution in [0.3, 0.4) is 0 Å². The molecule has 1 aromatic carbocycles. The van der Waals surface area contributed by atoms with E-state index in [0.717, 1.165) is 80.7 Å². The van der Waals surface area contributed by atoms with Gasteiger partial charge in [-0.2, -0.15) is 0 Å². The van der Waals surface area contributed by atoms with Crippen LogP contribution in [-0.2, 0) is 9.59 Å². The fourth-order valence-corrected chi connectivity index (χ4v) is 5.69. The Morgan fingerprint density at radius 1 is 1.00 bits per heavy atom. The molecule has 6 rings (SSSR count). The van der Waals surface area contributed by atoms with Gasteiger partial charge >= 0.3 is 0 Å². The van der Waals surface area contributed by atoms with E-state index in [1.165, 1.54) is 0 Å². The number of nitrogens with zero attached hydrogens (tertiary/aromatic N) is 4. The standard InChI is InChI=1S/C27H30N4O2/c32-25(22-10-11-22)30-16-12-19(17-30)18-31-24(29-27(26(31)33)13-2-3-14-27)21-8-6-20(7-9-21)23-5-1-4-15-28-23/h1,4-9,15,19,22H,2-3,10-14,16-18H2. The number of carbonyl (C=O) groups excluding carboxylic acids is 2. The number of hydrogen-bond donors (Lipinski definition) is 0. The molecule has 1 saturated heterocycles. The fourth-order valence-electron chi connectivity index (χ4n) is 5.69. The van der Waals surface area contributed by atoms with Gasteiger partial charge in [0.1, 0.15) is 11.4 Å². The molecule has 2 aliphatic heterocycles. The molecule has 3 heterocycles. The molecule has 2 aliphatic carbocycles. The minimum absolute atomic E-state index is 0.163. The number of rotatable bonds is 5. The molecule has 0 N–H and O–H groups in total. The van der Waals surface area contributed by atoms with Gasteiger partial charge in [0, 0.05) is 42.9 Å². The van der Waals surface area contributed by atoms with E-state index in [1.54, 1.807) is 6.20 Å². The first-order valence-corrected chi connectivity index (χ1v) is 12.4. The van der Waals surface area contributed by atoms with Gasteiger partial charge < -0.3 is 4.90 Å². The molecule has 0 bridgehead atoms. The molecule has 0 radical (unpaired) electrons. The lowest BCUT2D eigenvalue weighted by atomic mass is 9.97. The van der Waals surface area contributed by atoms with Gasteiger partial charge in [-0.1, -0.05) is 43.2 Å². The molecular weight excluding hydrogens is 412 g/mol. The van der Waals surface area contributed by atoms with Gasteiger partial charge in [-0.25, -0.2) is 0 Å². The third-order valence-electron chi connectivity index (χ3n) is 7.72. The van der Waals surface area contributed by atoms with Crippen LogP contribution in [-0.4, -0.2) is 57.6 Å². The average Bonchev–Trinajstić information content (AvgIpc) is 3.31. The molecule has 33 heavy (non-hydrogen) atoms. The fraction of sp³-hybridized carbons (Fsp3) is 0.481. The van der Waals surface area contributed by atoms with Crippen LogP contribution in [0.2, 0.25) is 0 Å². The zero-order chi connectivity index (χ0) is 22.4. The second-order valence-electron chi connectivity index (χ2n) is 10.1. The summed E-state index contributed by atoms with van der Waals surface area (Å²) < 4.78 is 0. The summed E-state index contributed by atoms with van der Waals surface area (Å²) in [5, 5.41) is 0. The van der Waals surface area contributed by atoms with Crippen molar-refractivity contribution >= 4 is 17.6 Å². The second kappa shape index (κ2) is 8.08. The normalized spacial score (nSPS) is 24.1. The molecule has 2 saturated carbocycles. The van der Waals surface area contributed by atoms with Crippen molar-refractivity contribution in [3.8, 4) is 11.3 Å². The smallest absolute Gasteiger partial charge is 0.256 e. The van der Waals surface area contributed by atoms with E-state index in [-0.39, 0.29) is 11.8 Å². The van der Waals surface area contributed by atoms with Gasteiger partial charge in [0.2, 0.25) is 5.91 Å². The van der Waals surface area contributed by atoms with E-state index in [4.69, 9.17) is 4.99 Å². The number of hydrogen-bond acceptors (Lipinski definition) is 4. The molecule has 170 valence electrons. The number of aromatic nitrogens is 1. The van der Waals surface area contributed by atoms with Gasteiger partial charge in [-0.05, 0) is 50.2 Å². The highest BCUT2D eigenvalue weighted by molar-refractivity contribution is 6.15. The summed E-state index contributed by atoms with van der Waals surface area (Å²) in [6, 6.07) is 14.2. The number of pyridine rings is 1. The predicted octanol–water partition coefficient (Wildman–Crippen LogP) is 3.91. The third kappa shape index (κ3) is 3.75. The highest BCUT2D eigenvalue weighted by atomic mass is 16.2. The SMILES string of the molecule is O=C(C1CC1)N1CCC(CN2C(=O)C3(CCCC3)N=C2c2ccc(-c3ccccn3)cc2)C1. The van der Waals surface area contributed by atoms with Crippen molar-refractivity contribution in [1.29, 1.82) is 0 Å². The van der Waals surface area contributed by atoms with Crippen molar-refractivity contribution in [2.24, 2.45) is 16.8 Å². The van der Waals surface area contributed by atoms with Crippen molar-refractivity contribution in [2.45, 2.75) is 50.5 Å². The Bertz CT molecular complexity index is 1080. The number of amidine groups is 1. The lowest BCUT2D eigenvalue weighted by Crippen LogP contribution is -2.44. The Kier molecular flexibility index (Phi) is 5.04. The van der Waals surface area contributed by atoms with Gasteiger partial charge in [0.15, 0.2) is 0 Å². The average molecular weight is 443 g/mol. The van der Waals surface area contributed by atoms with Crippen molar-refractivity contribution in [3.63, 3.8) is 0 Å². The number of likely N-dealkylation sites (tertiary alicyclic amines) is 1. The first kappa shape index (κ1) is 20.6. The Morgan fingerprint density at radius 3 is 2.45 bits per heavy atom. The highest BCUT2D eigenvalue weighted by Crippen LogP contribution is 2.41. The molecule has 1 aromatic heterocycles. The highest BCUT2D eigenvalue weighted by Gasteiger charge is 2.50. The van der Waals surface area contributed by atoms with Gasteiger partial charge in [0.05, 0.1) is 5.69 Å². The van der Waals surface area contributed by atoms with Crippen LogP contribution >= 0.6 is 0 Å². The van der Waals surface area contributed by atoms with E-state index in [0.29, 0.717) is 18.4 Å². The topological polar surface area (TPSA) is 65.9 Å². The van der Waals surface area contributed by atoms with Gasteiger partial charge in [-0.15, -0.1) is 0 Å². The van der Waals surface area contributed by atoms with Crippen LogP contribution in [0.5, 0.6) is 0 Å². The predicted molar refractivity (Wildman–Crippen MR) is 127 cm³/mol. The minimum atomic E-state index is -0.572. The first-order chi connectivity index (χ1) is 16.1. The summed E-state index contributed by atoms with van der Waals surface area (Å²) in [5.41, 5.74) is 2.40. The quantitative estimate of drug-likeness (QED) is 0.705. The van der Waals surface area contributed by atoms with Crippen LogP contribution in [0, 0.1) is 11.8 Å². The molecule has 6 heteroatoms. The maximum atomic E-state index is 13.6. The van der Waals surface area contributed by atoms with E-state index in [2.05, 4.69) is 29.2 Å². The number of carbonyl (C=O) groups is 2. The Morgan fingerprint density at radius 2 is 1.76 bits per heavy atom. The Hall–Kier alpha value is -3.02. The van der Waals surface area contributed by atoms with E-state index in [1.807, 2.05) is 28.0 Å². The number of amides is 2. The summed E-state index contributed by atoms with van der Waals surface area (Å²) in [5.74, 6) is 1.86. The monoisotopic (exact) mass is 442 g/mol. The number of benzene rings is 1. The van der Waals surface area contributed by atoms with Crippen molar-refractivity contribution in [1.82, 2.24) is 14.8 Å². The molecule has 6 nitrogen and oxygen atoms in total. The lowest BCUT2D eigenvalue weighted by Gasteiger charge is -2.25. The third-order valence-corrected chi connectivity index (χ3v) is 7.72. The molecule has 2 aromatic rings. The summed E-state index contributed by atoms with van der Waals surface area (Å²) in [4.78, 5) is 39.6. The summed E-state index contributed by atoms with van der Waals surface area (Å²) >= 11 is 0. The van der Waals surface area contributed by atoms with Crippen LogP contribution in [0.15, 0.2) is 53.7 Å². The number of aliphatic imine (C=N–C) groups is 1. The van der Waals surface area contributed by atoms with E-state index < -0.39 is 5.54 Å². The van der Waals surface area contributed by atoms with Crippen LogP contribution in [0.1, 0.15) is 50.5 Å². The van der Waals surface area contributed by atoms with Gasteiger partial charge in [-0.3, -0.25) is 24.5 Å². The second-order valence-corrected chi connectivity index (χ2v) is 10.1. The van der Waals surface area contributed by atoms with Crippen LogP contribution in [0.25, 0.3) is 11.3 Å². The zero-order valence-corrected chi connectivity index (χ0v) is 18.9. The molecule has 4 aliphatic rings. The molecule has 3 fully saturated rings. The van der Waals surface area contributed by atoms with E-state index in [9.17, 15) is 9.59 Å². The van der Waals surface area contributed by atoms with Crippen LogP contribution < -0.4 is 0 Å². The minimum Gasteiger partial charge on any atom is -0.342 e. The van der Waals surface area contributed by atoms with Crippen molar-refractivity contribution in [2.75, 3.05) is 19.6 Å². The maximum Gasteiger partial charge on any atom is 0.256 e. The van der Waals surface area contributed by atoms with E-state index >= 15 is 0 Å². The molecular formula is C27H30N4O2. The van der Waals surface area contributed by atoms with Gasteiger partial charge in [0.25, 0.3) is 5.91 Å². The maximum absolute atomic E-state index is 13.6. The van der Waals surface area contributed by atoms with Crippen molar-refractivity contribution < 1.29 is 9.59 Å². The Balaban J connectivity index is 1.25. The molecule has 1 spiro atoms. The van der Waals surface area contributed by atoms with Crippen LogP contribution in [0.4, 0.5) is 0 Å². The molecule has 1 unspecified atom stereocenters. The summed E-state index contributed by atoms with van der Waals surface area (Å²) in [6.07, 6.45) is 8.64. The summed E-state index contributed by atoms with van der Waals surface area (Å²) in [7, 11) is 0. The molecule has 1 atom stereocenters. The first-order valence-electron chi connectivity index (χ1n) is 12.4. The zero-order valence-electron chi connectivity index (χ0n) is 18.9. The largest absolute Gasteiger partial charge is 0.342 e.